The number of nitrogens with zero attached hydrogens (tertiary/aromatic N) is 3. The number of hydrogen-bond acceptors (Lipinski definition) is 5. The smallest absolute Gasteiger partial charge is 0.357 e. The molecule has 8 heteroatoms. The molecule has 1 aromatic heterocycles. The molecule has 2 rings (SSSR count). The molecule has 1 aromatic rings. The molecule has 18 heavy (non-hydrogen) atoms. The summed E-state index contributed by atoms with van der Waals surface area (Å²) in [5.41, 5.74) is 1.07. The van der Waals surface area contributed by atoms with Gasteiger partial charge in [0.05, 0.1) is 0 Å². The highest BCUT2D eigenvalue weighted by Gasteiger charge is 2.34. The van der Waals surface area contributed by atoms with E-state index in [1.165, 1.54) is 0 Å². The van der Waals surface area contributed by atoms with Crippen molar-refractivity contribution < 1.29 is 13.2 Å². The Morgan fingerprint density at radius 3 is 2.50 bits per heavy atom. The molecule has 100 valence electrons. The molecule has 0 amide bonds. The summed E-state index contributed by atoms with van der Waals surface area (Å²) in [4.78, 5) is 8.99. The molecule has 0 bridgehead atoms. The van der Waals surface area contributed by atoms with E-state index in [4.69, 9.17) is 5.84 Å². The molecule has 1 aliphatic carbocycles. The van der Waals surface area contributed by atoms with Crippen LogP contribution in [-0.2, 0) is 6.18 Å². The summed E-state index contributed by atoms with van der Waals surface area (Å²) >= 11 is 0. The number of nitrogens with two attached hydrogens (primary N) is 1. The van der Waals surface area contributed by atoms with Crippen molar-refractivity contribution in [2.45, 2.75) is 31.5 Å². The highest BCUT2D eigenvalue weighted by atomic mass is 19.4. The van der Waals surface area contributed by atoms with Crippen molar-refractivity contribution in [3.63, 3.8) is 0 Å². The Hall–Kier alpha value is -1.57. The van der Waals surface area contributed by atoms with Gasteiger partial charge in [0.25, 0.3) is 0 Å². The fourth-order valence-corrected chi connectivity index (χ4v) is 1.79. The Bertz CT molecular complexity index is 430. The van der Waals surface area contributed by atoms with E-state index < -0.39 is 11.9 Å². The summed E-state index contributed by atoms with van der Waals surface area (Å²) in [5, 5.41) is 0. The lowest BCUT2D eigenvalue weighted by Crippen LogP contribution is -2.38. The van der Waals surface area contributed by atoms with Crippen LogP contribution in [0.3, 0.4) is 0 Å². The Labute approximate surface area is 102 Å². The van der Waals surface area contributed by atoms with Gasteiger partial charge in [0, 0.05) is 19.2 Å². The molecule has 0 aliphatic heterocycles. The van der Waals surface area contributed by atoms with Gasteiger partial charge in [-0.2, -0.15) is 18.2 Å². The van der Waals surface area contributed by atoms with Crippen LogP contribution in [0.2, 0.25) is 0 Å². The first-order valence-electron chi connectivity index (χ1n) is 5.57. The number of nitrogen functional groups attached to an aromatic ring is 1. The van der Waals surface area contributed by atoms with Crippen molar-refractivity contribution in [3.05, 3.63) is 11.8 Å². The summed E-state index contributed by atoms with van der Waals surface area (Å²) < 4.78 is 38.0. The third kappa shape index (κ3) is 2.47. The molecule has 1 fully saturated rings. The van der Waals surface area contributed by atoms with Crippen molar-refractivity contribution in [3.8, 4) is 0 Å². The fourth-order valence-electron chi connectivity index (χ4n) is 1.79. The average Bonchev–Trinajstić information content (AvgIpc) is 2.24. The molecule has 0 aromatic carbocycles. The topological polar surface area (TPSA) is 67.1 Å². The Balaban J connectivity index is 2.34. The molecule has 0 spiro atoms. The van der Waals surface area contributed by atoms with Crippen LogP contribution < -0.4 is 16.2 Å². The minimum absolute atomic E-state index is 0.231. The Kier molecular flexibility index (Phi) is 3.29. The van der Waals surface area contributed by atoms with Crippen molar-refractivity contribution in [2.75, 3.05) is 17.4 Å². The number of halogens is 3. The van der Waals surface area contributed by atoms with E-state index in [1.54, 1.807) is 11.9 Å². The first-order valence-corrected chi connectivity index (χ1v) is 5.57. The molecular formula is C10H14F3N5. The normalized spacial score (nSPS) is 16.3. The van der Waals surface area contributed by atoms with E-state index >= 15 is 0 Å². The van der Waals surface area contributed by atoms with Gasteiger partial charge >= 0.3 is 6.18 Å². The molecule has 0 unspecified atom stereocenters. The lowest BCUT2D eigenvalue weighted by molar-refractivity contribution is -0.141. The molecule has 0 saturated heterocycles. The van der Waals surface area contributed by atoms with Gasteiger partial charge in [0.15, 0.2) is 5.69 Å². The zero-order chi connectivity index (χ0) is 13.3. The van der Waals surface area contributed by atoms with E-state index in [0.717, 1.165) is 25.3 Å². The van der Waals surface area contributed by atoms with Gasteiger partial charge in [-0.25, -0.2) is 10.8 Å². The SMILES string of the molecule is CN(c1cc(C(F)(F)F)nc(NN)n1)C1CCC1. The van der Waals surface area contributed by atoms with Gasteiger partial charge in [0.1, 0.15) is 5.82 Å². The summed E-state index contributed by atoms with van der Waals surface area (Å²) in [7, 11) is 1.73. The van der Waals surface area contributed by atoms with Crippen molar-refractivity contribution in [2.24, 2.45) is 5.84 Å². The maximum Gasteiger partial charge on any atom is 0.433 e. The van der Waals surface area contributed by atoms with E-state index in [0.29, 0.717) is 0 Å². The number of hydrogen-bond donors (Lipinski definition) is 2. The summed E-state index contributed by atoms with van der Waals surface area (Å²) in [5.74, 6) is 5.09. The van der Waals surface area contributed by atoms with Crippen LogP contribution in [0, 0.1) is 0 Å². The van der Waals surface area contributed by atoms with Crippen LogP contribution in [0.25, 0.3) is 0 Å². The number of hydrazine groups is 1. The maximum atomic E-state index is 12.7. The minimum atomic E-state index is -4.51. The fraction of sp³-hybridized carbons (Fsp3) is 0.600. The molecule has 0 radical (unpaired) electrons. The quantitative estimate of drug-likeness (QED) is 0.641. The van der Waals surface area contributed by atoms with E-state index in [-0.39, 0.29) is 17.8 Å². The third-order valence-corrected chi connectivity index (χ3v) is 3.12. The van der Waals surface area contributed by atoms with Crippen molar-refractivity contribution in [1.82, 2.24) is 9.97 Å². The zero-order valence-electron chi connectivity index (χ0n) is 9.83. The molecule has 0 atom stereocenters. The molecule has 1 heterocycles. The minimum Gasteiger partial charge on any atom is -0.357 e. The van der Waals surface area contributed by atoms with Gasteiger partial charge < -0.3 is 4.90 Å². The molecule has 1 saturated carbocycles. The number of alkyl halides is 3. The van der Waals surface area contributed by atoms with Crippen molar-refractivity contribution in [1.29, 1.82) is 0 Å². The first-order chi connectivity index (χ1) is 8.41. The summed E-state index contributed by atoms with van der Waals surface area (Å²) in [6.45, 7) is 0. The lowest BCUT2D eigenvalue weighted by Gasteiger charge is -2.35. The van der Waals surface area contributed by atoms with Gasteiger partial charge in [-0.05, 0) is 19.3 Å². The zero-order valence-corrected chi connectivity index (χ0v) is 9.83. The van der Waals surface area contributed by atoms with Crippen LogP contribution >= 0.6 is 0 Å². The lowest BCUT2D eigenvalue weighted by atomic mass is 9.92. The van der Waals surface area contributed by atoms with E-state index in [2.05, 4.69) is 15.4 Å². The third-order valence-electron chi connectivity index (χ3n) is 3.12. The largest absolute Gasteiger partial charge is 0.433 e. The van der Waals surface area contributed by atoms with Gasteiger partial charge in [0.2, 0.25) is 5.95 Å². The van der Waals surface area contributed by atoms with Gasteiger partial charge in [-0.1, -0.05) is 0 Å². The predicted molar refractivity (Wildman–Crippen MR) is 60.9 cm³/mol. The van der Waals surface area contributed by atoms with Crippen LogP contribution in [0.4, 0.5) is 24.9 Å². The first kappa shape index (κ1) is 12.9. The summed E-state index contributed by atoms with van der Waals surface area (Å²) in [6, 6.07) is 1.19. The highest BCUT2D eigenvalue weighted by molar-refractivity contribution is 5.45. The average molecular weight is 261 g/mol. The van der Waals surface area contributed by atoms with Crippen LogP contribution in [-0.4, -0.2) is 23.1 Å². The second-order valence-corrected chi connectivity index (χ2v) is 4.27. The second kappa shape index (κ2) is 4.60. The number of rotatable bonds is 3. The maximum absolute atomic E-state index is 12.7. The van der Waals surface area contributed by atoms with Crippen molar-refractivity contribution >= 4 is 11.8 Å². The number of nitrogens with one attached hydrogen (secondary N) is 1. The second-order valence-electron chi connectivity index (χ2n) is 4.27. The van der Waals surface area contributed by atoms with Crippen LogP contribution in [0.1, 0.15) is 25.0 Å². The number of anilines is 2. The van der Waals surface area contributed by atoms with E-state index in [1.807, 2.05) is 0 Å². The van der Waals surface area contributed by atoms with Crippen LogP contribution in [0.5, 0.6) is 0 Å². The van der Waals surface area contributed by atoms with Gasteiger partial charge in [-0.15, -0.1) is 0 Å². The standard InChI is InChI=1S/C10H14F3N5/c1-18(6-3-2-4-6)8-5-7(10(11,12)13)15-9(16-8)17-14/h5-6H,2-4,14H2,1H3,(H,15,16,17). The summed E-state index contributed by atoms with van der Waals surface area (Å²) in [6.07, 6.45) is -1.49. The molecule has 5 nitrogen and oxygen atoms in total. The van der Waals surface area contributed by atoms with Crippen LogP contribution in [0.15, 0.2) is 6.07 Å². The Morgan fingerprint density at radius 2 is 2.06 bits per heavy atom. The molecular weight excluding hydrogens is 247 g/mol. The predicted octanol–water partition coefficient (Wildman–Crippen LogP) is 1.77. The number of aromatic nitrogens is 2. The molecule has 3 N–H and O–H groups in total. The molecule has 1 aliphatic rings. The monoisotopic (exact) mass is 261 g/mol. The van der Waals surface area contributed by atoms with E-state index in [9.17, 15) is 13.2 Å². The highest BCUT2D eigenvalue weighted by Crippen LogP contribution is 2.32. The van der Waals surface area contributed by atoms with Gasteiger partial charge in [-0.3, -0.25) is 5.43 Å². The Morgan fingerprint density at radius 1 is 1.39 bits per heavy atom.